The van der Waals surface area contributed by atoms with Crippen LogP contribution in [0.2, 0.25) is 5.02 Å². The van der Waals surface area contributed by atoms with Crippen LogP contribution in [-0.4, -0.2) is 47.1 Å². The number of alkyl halides is 3. The van der Waals surface area contributed by atoms with E-state index in [9.17, 15) is 18.0 Å². The third kappa shape index (κ3) is 4.51. The van der Waals surface area contributed by atoms with Gasteiger partial charge in [0.15, 0.2) is 11.5 Å². The van der Waals surface area contributed by atoms with Crippen molar-refractivity contribution in [1.82, 2.24) is 14.9 Å². The van der Waals surface area contributed by atoms with Gasteiger partial charge < -0.3 is 15.1 Å². The number of aromatic nitrogens is 2. The van der Waals surface area contributed by atoms with Crippen molar-refractivity contribution in [2.45, 2.75) is 13.1 Å². The van der Waals surface area contributed by atoms with Gasteiger partial charge in [0, 0.05) is 26.2 Å². The van der Waals surface area contributed by atoms with Gasteiger partial charge in [0.25, 0.3) is 0 Å². The van der Waals surface area contributed by atoms with Crippen LogP contribution in [0.15, 0.2) is 42.5 Å². The second-order valence-corrected chi connectivity index (χ2v) is 7.68. The molecule has 4 rings (SSSR count). The van der Waals surface area contributed by atoms with Crippen molar-refractivity contribution < 1.29 is 18.0 Å². The molecule has 1 fully saturated rings. The van der Waals surface area contributed by atoms with Gasteiger partial charge in [-0.1, -0.05) is 29.8 Å². The standard InChI is InChI=1S/C21H19ClF3N5O/c1-13-6-7-15(14(22)12-13)28-20(31)30-10-8-29(9-11-30)19-18(21(23,24)25)26-16-4-2-3-5-17(16)27-19/h2-7,12H,8-11H2,1H3,(H,28,31). The second-order valence-electron chi connectivity index (χ2n) is 7.27. The number of hydrogen-bond acceptors (Lipinski definition) is 4. The summed E-state index contributed by atoms with van der Waals surface area (Å²) in [5.41, 5.74) is 1.01. The van der Waals surface area contributed by atoms with Crippen LogP contribution in [0.1, 0.15) is 11.3 Å². The highest BCUT2D eigenvalue weighted by atomic mass is 35.5. The van der Waals surface area contributed by atoms with E-state index in [4.69, 9.17) is 11.6 Å². The number of amides is 2. The van der Waals surface area contributed by atoms with Crippen molar-refractivity contribution in [3.63, 3.8) is 0 Å². The van der Waals surface area contributed by atoms with Crippen LogP contribution in [0.3, 0.4) is 0 Å². The monoisotopic (exact) mass is 449 g/mol. The fraction of sp³-hybridized carbons (Fsp3) is 0.286. The zero-order chi connectivity index (χ0) is 22.2. The van der Waals surface area contributed by atoms with Crippen molar-refractivity contribution >= 4 is 40.2 Å². The SMILES string of the molecule is Cc1ccc(NC(=O)N2CCN(c3nc4ccccc4nc3C(F)(F)F)CC2)c(Cl)c1. The van der Waals surface area contributed by atoms with Crippen molar-refractivity contribution in [2.24, 2.45) is 0 Å². The quantitative estimate of drug-likeness (QED) is 0.600. The number of piperazine rings is 1. The molecule has 2 aromatic carbocycles. The maximum atomic E-state index is 13.6. The molecule has 6 nitrogen and oxygen atoms in total. The molecule has 0 radical (unpaired) electrons. The summed E-state index contributed by atoms with van der Waals surface area (Å²) in [4.78, 5) is 23.7. The molecule has 0 atom stereocenters. The fourth-order valence-electron chi connectivity index (χ4n) is 3.44. The number of para-hydroxylation sites is 2. The first kappa shape index (κ1) is 21.2. The molecule has 1 aliphatic rings. The molecule has 1 N–H and O–H groups in total. The number of aryl methyl sites for hydroxylation is 1. The average Bonchev–Trinajstić information content (AvgIpc) is 2.74. The summed E-state index contributed by atoms with van der Waals surface area (Å²) in [5.74, 6) is -0.215. The first-order valence-corrected chi connectivity index (χ1v) is 10.0. The fourth-order valence-corrected chi connectivity index (χ4v) is 3.72. The van der Waals surface area contributed by atoms with E-state index in [0.29, 0.717) is 16.2 Å². The highest BCUT2D eigenvalue weighted by Gasteiger charge is 2.39. The van der Waals surface area contributed by atoms with Crippen LogP contribution < -0.4 is 10.2 Å². The van der Waals surface area contributed by atoms with Gasteiger partial charge in [0.1, 0.15) is 0 Å². The number of nitrogens with zero attached hydrogens (tertiary/aromatic N) is 4. The van der Waals surface area contributed by atoms with E-state index in [2.05, 4.69) is 15.3 Å². The Kier molecular flexibility index (Phi) is 5.62. The van der Waals surface area contributed by atoms with Crippen LogP contribution in [0.25, 0.3) is 11.0 Å². The lowest BCUT2D eigenvalue weighted by molar-refractivity contribution is -0.140. The van der Waals surface area contributed by atoms with Gasteiger partial charge in [-0.05, 0) is 36.8 Å². The molecule has 1 aromatic heterocycles. The summed E-state index contributed by atoms with van der Waals surface area (Å²) in [6.07, 6.45) is -4.64. The van der Waals surface area contributed by atoms with Crippen LogP contribution in [0, 0.1) is 6.92 Å². The molecule has 1 aliphatic heterocycles. The zero-order valence-corrected chi connectivity index (χ0v) is 17.3. The minimum absolute atomic E-state index is 0.187. The average molecular weight is 450 g/mol. The summed E-state index contributed by atoms with van der Waals surface area (Å²) in [6, 6.07) is 11.4. The summed E-state index contributed by atoms with van der Waals surface area (Å²) >= 11 is 6.16. The Morgan fingerprint density at radius 2 is 1.68 bits per heavy atom. The smallest absolute Gasteiger partial charge is 0.351 e. The van der Waals surface area contributed by atoms with Crippen LogP contribution in [-0.2, 0) is 6.18 Å². The Morgan fingerprint density at radius 3 is 2.29 bits per heavy atom. The number of carbonyl (C=O) groups excluding carboxylic acids is 1. The van der Waals surface area contributed by atoms with Gasteiger partial charge in [0.05, 0.1) is 21.7 Å². The molecule has 0 aliphatic carbocycles. The first-order valence-electron chi connectivity index (χ1n) is 9.63. The number of urea groups is 1. The van der Waals surface area contributed by atoms with Gasteiger partial charge in [-0.2, -0.15) is 13.2 Å². The summed E-state index contributed by atoms with van der Waals surface area (Å²) in [5, 5.41) is 3.17. The van der Waals surface area contributed by atoms with E-state index in [0.717, 1.165) is 5.56 Å². The number of anilines is 2. The Labute approximate surface area is 181 Å². The highest BCUT2D eigenvalue weighted by molar-refractivity contribution is 6.33. The predicted molar refractivity (Wildman–Crippen MR) is 114 cm³/mol. The Morgan fingerprint density at radius 1 is 1.03 bits per heavy atom. The Hall–Kier alpha value is -3.07. The third-order valence-corrected chi connectivity index (χ3v) is 5.37. The minimum atomic E-state index is -4.64. The minimum Gasteiger partial charge on any atom is -0.351 e. The lowest BCUT2D eigenvalue weighted by Crippen LogP contribution is -2.50. The number of fused-ring (bicyclic) bond motifs is 1. The normalized spacial score (nSPS) is 14.7. The van der Waals surface area contributed by atoms with E-state index in [1.165, 1.54) is 15.9 Å². The van der Waals surface area contributed by atoms with Crippen LogP contribution >= 0.6 is 11.6 Å². The van der Waals surface area contributed by atoms with Crippen molar-refractivity contribution in [2.75, 3.05) is 36.4 Å². The van der Waals surface area contributed by atoms with Gasteiger partial charge in [-0.25, -0.2) is 14.8 Å². The lowest BCUT2D eigenvalue weighted by atomic mass is 10.2. The topological polar surface area (TPSA) is 61.4 Å². The van der Waals surface area contributed by atoms with Gasteiger partial charge in [0.2, 0.25) is 0 Å². The van der Waals surface area contributed by atoms with Crippen molar-refractivity contribution in [3.8, 4) is 0 Å². The molecule has 2 heterocycles. The third-order valence-electron chi connectivity index (χ3n) is 5.05. The number of carbonyl (C=O) groups is 1. The maximum absolute atomic E-state index is 13.6. The molecule has 0 saturated carbocycles. The molecule has 0 spiro atoms. The number of halogens is 4. The van der Waals surface area contributed by atoms with Crippen LogP contribution in [0.4, 0.5) is 29.5 Å². The van der Waals surface area contributed by atoms with Gasteiger partial charge in [-0.15, -0.1) is 0 Å². The number of benzene rings is 2. The largest absolute Gasteiger partial charge is 0.437 e. The van der Waals surface area contributed by atoms with E-state index >= 15 is 0 Å². The second kappa shape index (κ2) is 8.22. The number of nitrogens with one attached hydrogen (secondary N) is 1. The van der Waals surface area contributed by atoms with E-state index in [1.807, 2.05) is 13.0 Å². The van der Waals surface area contributed by atoms with Crippen molar-refractivity contribution in [1.29, 1.82) is 0 Å². The number of hydrogen-bond donors (Lipinski definition) is 1. The molecule has 2 amide bonds. The molecule has 0 unspecified atom stereocenters. The number of rotatable bonds is 2. The van der Waals surface area contributed by atoms with Crippen molar-refractivity contribution in [3.05, 3.63) is 58.7 Å². The molecule has 31 heavy (non-hydrogen) atoms. The molecular weight excluding hydrogens is 431 g/mol. The highest BCUT2D eigenvalue weighted by Crippen LogP contribution is 2.35. The molecule has 10 heteroatoms. The van der Waals surface area contributed by atoms with Crippen LogP contribution in [0.5, 0.6) is 0 Å². The van der Waals surface area contributed by atoms with E-state index in [-0.39, 0.29) is 43.5 Å². The van der Waals surface area contributed by atoms with E-state index in [1.54, 1.807) is 30.3 Å². The molecule has 0 bridgehead atoms. The molecule has 1 saturated heterocycles. The molecular formula is C21H19ClF3N5O. The predicted octanol–water partition coefficient (Wildman–Crippen LogP) is 4.96. The Balaban J connectivity index is 1.50. The Bertz CT molecular complexity index is 1130. The zero-order valence-electron chi connectivity index (χ0n) is 16.6. The van der Waals surface area contributed by atoms with Gasteiger partial charge in [-0.3, -0.25) is 0 Å². The summed E-state index contributed by atoms with van der Waals surface area (Å²) < 4.78 is 40.9. The lowest BCUT2D eigenvalue weighted by Gasteiger charge is -2.36. The first-order chi connectivity index (χ1) is 14.7. The van der Waals surface area contributed by atoms with E-state index < -0.39 is 11.9 Å². The summed E-state index contributed by atoms with van der Waals surface area (Å²) in [7, 11) is 0. The van der Waals surface area contributed by atoms with Gasteiger partial charge >= 0.3 is 12.2 Å². The summed E-state index contributed by atoms with van der Waals surface area (Å²) in [6.45, 7) is 2.76. The maximum Gasteiger partial charge on any atom is 0.437 e. The molecule has 162 valence electrons. The molecule has 3 aromatic rings.